The molecular weight excluding hydrogens is 574 g/mol. The minimum absolute atomic E-state index is 0.209. The van der Waals surface area contributed by atoms with Gasteiger partial charge in [0.15, 0.2) is 0 Å². The molecule has 10 rings (SSSR count). The first-order chi connectivity index (χ1) is 22.5. The number of carboxylic acid groups (broad SMARTS) is 1. The van der Waals surface area contributed by atoms with E-state index in [4.69, 9.17) is 14.5 Å². The number of carbonyl (C=O) groups is 1. The van der Waals surface area contributed by atoms with Crippen molar-refractivity contribution in [3.05, 3.63) is 96.3 Å². The van der Waals surface area contributed by atoms with Gasteiger partial charge in [0.1, 0.15) is 11.4 Å². The van der Waals surface area contributed by atoms with Crippen LogP contribution in [0.25, 0.3) is 38.6 Å². The largest absolute Gasteiger partial charge is 0.512 e. The number of aryl methyl sites for hydroxylation is 1. The molecule has 3 aromatic carbocycles. The van der Waals surface area contributed by atoms with E-state index in [0.717, 1.165) is 67.6 Å². The van der Waals surface area contributed by atoms with E-state index in [2.05, 4.69) is 58.0 Å². The van der Waals surface area contributed by atoms with Crippen LogP contribution >= 0.6 is 0 Å². The van der Waals surface area contributed by atoms with Gasteiger partial charge in [0.25, 0.3) is 0 Å². The molecule has 4 fully saturated rings. The van der Waals surface area contributed by atoms with Gasteiger partial charge in [-0.25, -0.2) is 9.78 Å². The molecule has 0 radical (unpaired) electrons. The van der Waals surface area contributed by atoms with Gasteiger partial charge in [-0.1, -0.05) is 60.7 Å². The second-order valence-electron chi connectivity index (χ2n) is 13.9. The van der Waals surface area contributed by atoms with E-state index in [0.29, 0.717) is 19.4 Å². The van der Waals surface area contributed by atoms with E-state index in [-0.39, 0.29) is 11.3 Å². The average molecular weight is 612 g/mol. The third-order valence-corrected chi connectivity index (χ3v) is 11.0. The lowest BCUT2D eigenvalue weighted by molar-refractivity contribution is -0.00697. The van der Waals surface area contributed by atoms with Crippen molar-refractivity contribution in [1.29, 1.82) is 0 Å². The van der Waals surface area contributed by atoms with Gasteiger partial charge in [0.2, 0.25) is 5.88 Å². The Morgan fingerprint density at radius 3 is 2.41 bits per heavy atom. The van der Waals surface area contributed by atoms with Crippen LogP contribution in [0.1, 0.15) is 56.2 Å². The number of fused-ring (bicyclic) bond motifs is 3. The third-order valence-electron chi connectivity index (χ3n) is 11.0. The zero-order chi connectivity index (χ0) is 30.8. The molecule has 4 aliphatic rings. The summed E-state index contributed by atoms with van der Waals surface area (Å²) in [5.41, 5.74) is 6.14. The van der Waals surface area contributed by atoms with Gasteiger partial charge in [0.05, 0.1) is 23.5 Å². The van der Waals surface area contributed by atoms with Gasteiger partial charge in [-0.05, 0) is 92.7 Å². The van der Waals surface area contributed by atoms with Crippen molar-refractivity contribution in [2.75, 3.05) is 6.61 Å². The fraction of sp³-hybridized carbons (Fsp3) is 0.333. The molecule has 6 aromatic rings. The summed E-state index contributed by atoms with van der Waals surface area (Å²) in [7, 11) is 0. The quantitative estimate of drug-likeness (QED) is 0.132. The zero-order valence-electron chi connectivity index (χ0n) is 25.7. The van der Waals surface area contributed by atoms with Crippen molar-refractivity contribution in [1.82, 2.24) is 14.4 Å². The molecule has 0 amide bonds. The van der Waals surface area contributed by atoms with Gasteiger partial charge in [0, 0.05) is 33.5 Å². The van der Waals surface area contributed by atoms with E-state index in [9.17, 15) is 9.90 Å². The van der Waals surface area contributed by atoms with Crippen LogP contribution in [-0.4, -0.2) is 32.2 Å². The molecule has 0 unspecified atom stereocenters. The summed E-state index contributed by atoms with van der Waals surface area (Å²) < 4.78 is 13.8. The summed E-state index contributed by atoms with van der Waals surface area (Å²) >= 11 is 0. The van der Waals surface area contributed by atoms with Crippen LogP contribution in [0.2, 0.25) is 0 Å². The Morgan fingerprint density at radius 1 is 0.891 bits per heavy atom. The topological polar surface area (TPSA) is 88.9 Å². The number of benzene rings is 3. The number of hydrogen-bond donors (Lipinski definition) is 2. The number of ether oxygens (including phenoxy) is 2. The van der Waals surface area contributed by atoms with Crippen molar-refractivity contribution in [3.63, 3.8) is 0 Å². The second kappa shape index (κ2) is 10.6. The minimum Gasteiger partial charge on any atom is -0.493 e. The van der Waals surface area contributed by atoms with Gasteiger partial charge in [-0.3, -0.25) is 4.40 Å². The van der Waals surface area contributed by atoms with E-state index in [1.54, 1.807) is 0 Å². The molecule has 3 heterocycles. The third kappa shape index (κ3) is 4.55. The lowest BCUT2D eigenvalue weighted by Crippen LogP contribution is -2.48. The number of H-pyrrole nitrogens is 1. The van der Waals surface area contributed by atoms with Crippen LogP contribution in [-0.2, 0) is 11.8 Å². The maximum Gasteiger partial charge on any atom is 0.512 e. The maximum atomic E-state index is 11.8. The number of para-hydroxylation sites is 1. The van der Waals surface area contributed by atoms with Gasteiger partial charge >= 0.3 is 6.16 Å². The predicted molar refractivity (Wildman–Crippen MR) is 179 cm³/mol. The molecule has 0 aliphatic heterocycles. The van der Waals surface area contributed by atoms with Crippen LogP contribution < -0.4 is 9.47 Å². The monoisotopic (exact) mass is 611 g/mol. The summed E-state index contributed by atoms with van der Waals surface area (Å²) in [6, 6.07) is 26.7. The number of aromatic nitrogens is 3. The molecule has 46 heavy (non-hydrogen) atoms. The number of hydrogen-bond acceptors (Lipinski definition) is 4. The first-order valence-corrected chi connectivity index (χ1v) is 16.7. The standard InChI is InChI=1S/C39H37N3O4/c43-38(44)46-37-30(12-6-16-45-33-14-3-8-27-7-1-2-9-28(27)33)29-10-4-11-31(36(29)41-37)32-13-5-15-35-40-34(23-42(32)35)39-20-24-17-25(21-39)19-26(18-24)22-39/h1-5,7-11,13-15,23-26,41H,6,12,16-22H2,(H,43,44). The lowest BCUT2D eigenvalue weighted by atomic mass is 9.49. The predicted octanol–water partition coefficient (Wildman–Crippen LogP) is 9.17. The first-order valence-electron chi connectivity index (χ1n) is 16.7. The molecule has 7 nitrogen and oxygen atoms in total. The van der Waals surface area contributed by atoms with Crippen LogP contribution in [0.15, 0.2) is 85.1 Å². The summed E-state index contributed by atoms with van der Waals surface area (Å²) in [6.45, 7) is 0.494. The minimum atomic E-state index is -1.33. The Balaban J connectivity index is 1.05. The smallest absolute Gasteiger partial charge is 0.493 e. The highest BCUT2D eigenvalue weighted by Crippen LogP contribution is 2.60. The summed E-state index contributed by atoms with van der Waals surface area (Å²) in [5, 5.41) is 12.8. The van der Waals surface area contributed by atoms with Gasteiger partial charge in [-0.2, -0.15) is 0 Å². The molecule has 0 spiro atoms. The van der Waals surface area contributed by atoms with E-state index in [1.165, 1.54) is 44.2 Å². The summed E-state index contributed by atoms with van der Waals surface area (Å²) in [5.74, 6) is 3.68. The van der Waals surface area contributed by atoms with Gasteiger partial charge < -0.3 is 19.6 Å². The first kappa shape index (κ1) is 27.5. The fourth-order valence-electron chi connectivity index (χ4n) is 9.55. The molecule has 4 bridgehead atoms. The van der Waals surface area contributed by atoms with Gasteiger partial charge in [-0.15, -0.1) is 0 Å². The number of rotatable bonds is 8. The van der Waals surface area contributed by atoms with Crippen LogP contribution in [0.5, 0.6) is 11.6 Å². The SMILES string of the molecule is O=C(O)Oc1[nH]c2c(-c3cccc4nc(C56CC7CC(CC(C7)C5)C6)cn34)cccc2c1CCCOc1cccc2ccccc12. The Bertz CT molecular complexity index is 2080. The van der Waals surface area contributed by atoms with E-state index < -0.39 is 6.16 Å². The molecule has 3 aromatic heterocycles. The maximum absolute atomic E-state index is 11.8. The molecular formula is C39H37N3O4. The molecule has 0 saturated heterocycles. The van der Waals surface area contributed by atoms with Crippen LogP contribution in [0.4, 0.5) is 4.79 Å². The van der Waals surface area contributed by atoms with Crippen molar-refractivity contribution in [3.8, 4) is 22.9 Å². The fourth-order valence-corrected chi connectivity index (χ4v) is 9.55. The lowest BCUT2D eigenvalue weighted by Gasteiger charge is -2.56. The van der Waals surface area contributed by atoms with Crippen LogP contribution in [0, 0.1) is 17.8 Å². The Labute approximate surface area is 267 Å². The second-order valence-corrected chi connectivity index (χ2v) is 13.9. The number of nitrogens with zero attached hydrogens (tertiary/aromatic N) is 2. The number of aromatic amines is 1. The molecule has 0 atom stereocenters. The highest BCUT2D eigenvalue weighted by molar-refractivity contribution is 5.97. The number of imidazole rings is 1. The Kier molecular flexibility index (Phi) is 6.37. The highest BCUT2D eigenvalue weighted by atomic mass is 16.7. The molecule has 7 heteroatoms. The zero-order valence-corrected chi connectivity index (χ0v) is 25.7. The van der Waals surface area contributed by atoms with Crippen molar-refractivity contribution < 1.29 is 19.4 Å². The van der Waals surface area contributed by atoms with Crippen molar-refractivity contribution in [2.45, 2.75) is 56.8 Å². The van der Waals surface area contributed by atoms with Crippen molar-refractivity contribution in [2.24, 2.45) is 17.8 Å². The number of pyridine rings is 1. The molecule has 4 saturated carbocycles. The van der Waals surface area contributed by atoms with Crippen LogP contribution in [0.3, 0.4) is 0 Å². The molecule has 4 aliphatic carbocycles. The Morgan fingerprint density at radius 2 is 1.61 bits per heavy atom. The molecule has 232 valence electrons. The van der Waals surface area contributed by atoms with E-state index >= 15 is 0 Å². The summed E-state index contributed by atoms with van der Waals surface area (Å²) in [4.78, 5) is 20.4. The number of nitrogens with one attached hydrogen (secondary N) is 1. The summed E-state index contributed by atoms with van der Waals surface area (Å²) in [6.07, 6.45) is 10.3. The molecule has 2 N–H and O–H groups in total. The normalized spacial score (nSPS) is 23.4. The van der Waals surface area contributed by atoms with Crippen molar-refractivity contribution >= 4 is 33.5 Å². The average Bonchev–Trinajstić information content (AvgIpc) is 3.64. The Hall–Kier alpha value is -4.78. The highest BCUT2D eigenvalue weighted by Gasteiger charge is 2.52. The van der Waals surface area contributed by atoms with E-state index in [1.807, 2.05) is 36.4 Å².